The molecule has 1 saturated heterocycles. The number of nitrogens with zero attached hydrogens (tertiary/aromatic N) is 2. The van der Waals surface area contributed by atoms with Gasteiger partial charge >= 0.3 is 0 Å². The summed E-state index contributed by atoms with van der Waals surface area (Å²) in [4.78, 5) is 15.4. The largest absolute Gasteiger partial charge is 0.354 e. The molecular formula is C9H19N3O. The fraction of sp³-hybridized carbons (Fsp3) is 0.889. The van der Waals surface area contributed by atoms with Crippen LogP contribution in [0, 0.1) is 0 Å². The van der Waals surface area contributed by atoms with Gasteiger partial charge in [0.1, 0.15) is 0 Å². The van der Waals surface area contributed by atoms with Crippen LogP contribution in [0.5, 0.6) is 0 Å². The second-order valence-corrected chi connectivity index (χ2v) is 3.78. The van der Waals surface area contributed by atoms with E-state index in [0.29, 0.717) is 6.54 Å². The van der Waals surface area contributed by atoms with Gasteiger partial charge < -0.3 is 10.2 Å². The standard InChI is InChI=1S/C9H19N3O/c1-11(2)5-3-6-12-7-4-10-9(13)8-12/h3-8H2,1-2H3,(H,10,13). The highest BCUT2D eigenvalue weighted by atomic mass is 16.2. The molecule has 0 spiro atoms. The van der Waals surface area contributed by atoms with Crippen LogP contribution in [0.4, 0.5) is 0 Å². The summed E-state index contributed by atoms with van der Waals surface area (Å²) in [5.41, 5.74) is 0. The van der Waals surface area contributed by atoms with Gasteiger partial charge in [0.15, 0.2) is 0 Å². The van der Waals surface area contributed by atoms with E-state index in [4.69, 9.17) is 0 Å². The number of hydrogen-bond acceptors (Lipinski definition) is 3. The number of carbonyl (C=O) groups excluding carboxylic acids is 1. The summed E-state index contributed by atoms with van der Waals surface area (Å²) >= 11 is 0. The summed E-state index contributed by atoms with van der Waals surface area (Å²) in [6.07, 6.45) is 1.14. The van der Waals surface area contributed by atoms with Gasteiger partial charge in [0.2, 0.25) is 5.91 Å². The summed E-state index contributed by atoms with van der Waals surface area (Å²) in [6, 6.07) is 0. The van der Waals surface area contributed by atoms with Gasteiger partial charge in [-0.3, -0.25) is 9.69 Å². The minimum absolute atomic E-state index is 0.163. The molecule has 0 unspecified atom stereocenters. The molecule has 0 radical (unpaired) electrons. The second kappa shape index (κ2) is 5.19. The van der Waals surface area contributed by atoms with Crippen LogP contribution in [0.1, 0.15) is 6.42 Å². The molecule has 0 aromatic heterocycles. The van der Waals surface area contributed by atoms with Gasteiger partial charge in [0.25, 0.3) is 0 Å². The van der Waals surface area contributed by atoms with Crippen molar-refractivity contribution in [2.24, 2.45) is 0 Å². The maximum atomic E-state index is 11.0. The van der Waals surface area contributed by atoms with Crippen LogP contribution in [0.3, 0.4) is 0 Å². The van der Waals surface area contributed by atoms with Gasteiger partial charge in [-0.1, -0.05) is 0 Å². The molecule has 13 heavy (non-hydrogen) atoms. The predicted octanol–water partition coefficient (Wildman–Crippen LogP) is -0.630. The Balaban J connectivity index is 2.10. The van der Waals surface area contributed by atoms with E-state index in [-0.39, 0.29) is 5.91 Å². The van der Waals surface area contributed by atoms with Gasteiger partial charge in [-0.15, -0.1) is 0 Å². The van der Waals surface area contributed by atoms with Crippen molar-refractivity contribution in [2.75, 3.05) is 46.8 Å². The Morgan fingerprint density at radius 1 is 1.54 bits per heavy atom. The zero-order valence-corrected chi connectivity index (χ0v) is 8.55. The van der Waals surface area contributed by atoms with Gasteiger partial charge in [-0.2, -0.15) is 0 Å². The number of hydrogen-bond donors (Lipinski definition) is 1. The predicted molar refractivity (Wildman–Crippen MR) is 52.6 cm³/mol. The third kappa shape index (κ3) is 4.24. The smallest absolute Gasteiger partial charge is 0.234 e. The maximum absolute atomic E-state index is 11.0. The summed E-state index contributed by atoms with van der Waals surface area (Å²) in [6.45, 7) is 4.51. The lowest BCUT2D eigenvalue weighted by atomic mass is 10.3. The Morgan fingerprint density at radius 2 is 2.31 bits per heavy atom. The zero-order valence-electron chi connectivity index (χ0n) is 8.55. The molecule has 1 aliphatic heterocycles. The Kier molecular flexibility index (Phi) is 4.18. The van der Waals surface area contributed by atoms with Crippen molar-refractivity contribution in [2.45, 2.75) is 6.42 Å². The highest BCUT2D eigenvalue weighted by molar-refractivity contribution is 5.78. The van der Waals surface area contributed by atoms with Crippen molar-refractivity contribution < 1.29 is 4.79 Å². The Labute approximate surface area is 79.9 Å². The van der Waals surface area contributed by atoms with Gasteiger partial charge in [-0.25, -0.2) is 0 Å². The molecule has 76 valence electrons. The molecule has 0 bridgehead atoms. The normalized spacial score (nSPS) is 19.2. The molecule has 1 N–H and O–H groups in total. The highest BCUT2D eigenvalue weighted by Gasteiger charge is 2.14. The Hall–Kier alpha value is -0.610. The van der Waals surface area contributed by atoms with Crippen molar-refractivity contribution in [1.29, 1.82) is 0 Å². The number of rotatable bonds is 4. The van der Waals surface area contributed by atoms with Crippen molar-refractivity contribution >= 4 is 5.91 Å². The molecule has 1 fully saturated rings. The average Bonchev–Trinajstić information content (AvgIpc) is 2.03. The number of piperazine rings is 1. The molecule has 4 nitrogen and oxygen atoms in total. The SMILES string of the molecule is CN(C)CCCN1CCNC(=O)C1. The van der Waals surface area contributed by atoms with E-state index in [1.807, 2.05) is 0 Å². The first-order chi connectivity index (χ1) is 6.18. The quantitative estimate of drug-likeness (QED) is 0.633. The first-order valence-corrected chi connectivity index (χ1v) is 4.82. The molecule has 0 aromatic carbocycles. The van der Waals surface area contributed by atoms with Crippen LogP contribution >= 0.6 is 0 Å². The number of nitrogens with one attached hydrogen (secondary N) is 1. The molecule has 1 rings (SSSR count). The minimum Gasteiger partial charge on any atom is -0.354 e. The molecular weight excluding hydrogens is 166 g/mol. The maximum Gasteiger partial charge on any atom is 0.234 e. The minimum atomic E-state index is 0.163. The van der Waals surface area contributed by atoms with E-state index in [9.17, 15) is 4.79 Å². The summed E-state index contributed by atoms with van der Waals surface area (Å²) in [7, 11) is 4.14. The van der Waals surface area contributed by atoms with Crippen molar-refractivity contribution in [3.05, 3.63) is 0 Å². The molecule has 4 heteroatoms. The summed E-state index contributed by atoms with van der Waals surface area (Å²) in [5.74, 6) is 0.163. The lowest BCUT2D eigenvalue weighted by Gasteiger charge is -2.26. The van der Waals surface area contributed by atoms with E-state index < -0.39 is 0 Å². The molecule has 0 atom stereocenters. The number of amides is 1. The van der Waals surface area contributed by atoms with Crippen molar-refractivity contribution in [1.82, 2.24) is 15.1 Å². The lowest BCUT2D eigenvalue weighted by Crippen LogP contribution is -2.48. The topological polar surface area (TPSA) is 35.6 Å². The van der Waals surface area contributed by atoms with Crippen LogP contribution in [-0.2, 0) is 4.79 Å². The fourth-order valence-electron chi connectivity index (χ4n) is 1.49. The van der Waals surface area contributed by atoms with E-state index >= 15 is 0 Å². The van der Waals surface area contributed by atoms with Gasteiger partial charge in [0.05, 0.1) is 6.54 Å². The van der Waals surface area contributed by atoms with Crippen molar-refractivity contribution in [3.63, 3.8) is 0 Å². The van der Waals surface area contributed by atoms with E-state index in [0.717, 1.165) is 32.6 Å². The zero-order chi connectivity index (χ0) is 9.68. The molecule has 0 aliphatic carbocycles. The van der Waals surface area contributed by atoms with Gasteiger partial charge in [0, 0.05) is 13.1 Å². The molecule has 0 aromatic rings. The third-order valence-electron chi connectivity index (χ3n) is 2.20. The molecule has 0 saturated carbocycles. The third-order valence-corrected chi connectivity index (χ3v) is 2.20. The summed E-state index contributed by atoms with van der Waals surface area (Å²) < 4.78 is 0. The van der Waals surface area contributed by atoms with Crippen LogP contribution in [0.15, 0.2) is 0 Å². The molecule has 1 amide bonds. The van der Waals surface area contributed by atoms with E-state index in [1.54, 1.807) is 0 Å². The van der Waals surface area contributed by atoms with E-state index in [2.05, 4.69) is 29.2 Å². The second-order valence-electron chi connectivity index (χ2n) is 3.78. The lowest BCUT2D eigenvalue weighted by molar-refractivity contribution is -0.124. The monoisotopic (exact) mass is 185 g/mol. The first-order valence-electron chi connectivity index (χ1n) is 4.82. The van der Waals surface area contributed by atoms with Crippen LogP contribution in [-0.4, -0.2) is 62.5 Å². The van der Waals surface area contributed by atoms with E-state index in [1.165, 1.54) is 0 Å². The van der Waals surface area contributed by atoms with Gasteiger partial charge in [-0.05, 0) is 33.6 Å². The van der Waals surface area contributed by atoms with Crippen LogP contribution in [0.25, 0.3) is 0 Å². The molecule has 1 heterocycles. The van der Waals surface area contributed by atoms with Crippen LogP contribution < -0.4 is 5.32 Å². The molecule has 1 aliphatic rings. The Morgan fingerprint density at radius 3 is 2.92 bits per heavy atom. The average molecular weight is 185 g/mol. The van der Waals surface area contributed by atoms with Crippen molar-refractivity contribution in [3.8, 4) is 0 Å². The van der Waals surface area contributed by atoms with Crippen LogP contribution in [0.2, 0.25) is 0 Å². The fourth-order valence-corrected chi connectivity index (χ4v) is 1.49. The Bertz CT molecular complexity index is 170. The summed E-state index contributed by atoms with van der Waals surface area (Å²) in [5, 5.41) is 2.82. The first kappa shape index (κ1) is 10.5. The highest BCUT2D eigenvalue weighted by Crippen LogP contribution is 1.95. The number of carbonyl (C=O) groups is 1.